The van der Waals surface area contributed by atoms with E-state index in [1.807, 2.05) is 0 Å². The van der Waals surface area contributed by atoms with Crippen LogP contribution >= 0.6 is 0 Å². The van der Waals surface area contributed by atoms with Crippen molar-refractivity contribution in [1.29, 1.82) is 5.26 Å². The van der Waals surface area contributed by atoms with Gasteiger partial charge in [0.1, 0.15) is 6.07 Å². The fourth-order valence-electron chi connectivity index (χ4n) is 1.35. The molecule has 0 aromatic heterocycles. The molecule has 0 aliphatic rings. The van der Waals surface area contributed by atoms with Crippen molar-refractivity contribution in [2.75, 3.05) is 0 Å². The minimum absolute atomic E-state index is 0.485. The number of nitriles is 1. The van der Waals surface area contributed by atoms with E-state index in [0.29, 0.717) is 0 Å². The third-order valence-corrected chi connectivity index (χ3v) is 2.02. The van der Waals surface area contributed by atoms with Gasteiger partial charge in [0.15, 0.2) is 5.56 Å². The van der Waals surface area contributed by atoms with Gasteiger partial charge in [0.05, 0.1) is 22.7 Å². The van der Waals surface area contributed by atoms with E-state index in [-0.39, 0.29) is 0 Å². The molecule has 0 saturated carbocycles. The van der Waals surface area contributed by atoms with Crippen molar-refractivity contribution in [3.63, 3.8) is 0 Å². The van der Waals surface area contributed by atoms with Crippen molar-refractivity contribution in [3.05, 3.63) is 38.9 Å². The molecule has 0 unspecified atom stereocenters. The zero-order chi connectivity index (χ0) is 13.2. The third kappa shape index (κ3) is 2.34. The highest BCUT2D eigenvalue weighted by atomic mass is 19.4. The molecule has 0 aliphatic heterocycles. The number of rotatable bonds is 2. The van der Waals surface area contributed by atoms with Gasteiger partial charge in [-0.1, -0.05) is 0 Å². The van der Waals surface area contributed by atoms with E-state index in [1.165, 1.54) is 6.07 Å². The summed E-state index contributed by atoms with van der Waals surface area (Å²) < 4.78 is 37.9. The number of nitrogens with zero attached hydrogens (tertiary/aromatic N) is 2. The largest absolute Gasteiger partial charge is 0.424 e. The average Bonchev–Trinajstić information content (AvgIpc) is 2.25. The van der Waals surface area contributed by atoms with Crippen molar-refractivity contribution in [2.45, 2.75) is 12.8 Å². The summed E-state index contributed by atoms with van der Waals surface area (Å²) in [6, 6.07) is 2.96. The lowest BCUT2D eigenvalue weighted by Gasteiger charge is -2.11. The van der Waals surface area contributed by atoms with E-state index >= 15 is 0 Å². The molecule has 0 saturated heterocycles. The molecular formula is C9H5F3N2O3. The molecule has 17 heavy (non-hydrogen) atoms. The van der Waals surface area contributed by atoms with Gasteiger partial charge < -0.3 is 5.11 Å². The highest BCUT2D eigenvalue weighted by Gasteiger charge is 2.42. The van der Waals surface area contributed by atoms with Crippen LogP contribution in [0, 0.1) is 21.4 Å². The van der Waals surface area contributed by atoms with Crippen molar-refractivity contribution in [3.8, 4) is 6.07 Å². The molecule has 1 N–H and O–H groups in total. The summed E-state index contributed by atoms with van der Waals surface area (Å²) in [6.07, 6.45) is -5.03. The predicted molar refractivity (Wildman–Crippen MR) is 48.7 cm³/mol. The van der Waals surface area contributed by atoms with Crippen LogP contribution in [-0.2, 0) is 12.8 Å². The molecule has 1 aromatic carbocycles. The summed E-state index contributed by atoms with van der Waals surface area (Å²) in [7, 11) is 0. The van der Waals surface area contributed by atoms with Gasteiger partial charge in [-0.3, -0.25) is 10.1 Å². The molecular weight excluding hydrogens is 241 g/mol. The smallest absolute Gasteiger partial charge is 0.391 e. The molecule has 8 heteroatoms. The Morgan fingerprint density at radius 2 is 2.06 bits per heavy atom. The Morgan fingerprint density at radius 1 is 1.47 bits per heavy atom. The molecule has 0 aliphatic carbocycles. The lowest BCUT2D eigenvalue weighted by molar-refractivity contribution is -0.389. The molecule has 90 valence electrons. The lowest BCUT2D eigenvalue weighted by atomic mass is 10.0. The summed E-state index contributed by atoms with van der Waals surface area (Å²) in [5, 5.41) is 27.9. The lowest BCUT2D eigenvalue weighted by Crippen LogP contribution is -2.13. The average molecular weight is 246 g/mol. The first-order valence-electron chi connectivity index (χ1n) is 4.21. The van der Waals surface area contributed by atoms with Gasteiger partial charge in [-0.2, -0.15) is 18.4 Å². The van der Waals surface area contributed by atoms with Crippen LogP contribution in [0.4, 0.5) is 18.9 Å². The van der Waals surface area contributed by atoms with Crippen LogP contribution in [0.2, 0.25) is 0 Å². The van der Waals surface area contributed by atoms with Crippen LogP contribution in [0.5, 0.6) is 0 Å². The molecule has 1 rings (SSSR count). The summed E-state index contributed by atoms with van der Waals surface area (Å²) in [4.78, 5) is 9.35. The Balaban J connectivity index is 3.73. The Morgan fingerprint density at radius 3 is 2.41 bits per heavy atom. The van der Waals surface area contributed by atoms with E-state index in [1.54, 1.807) is 0 Å². The maximum Gasteiger partial charge on any atom is 0.424 e. The number of halogens is 3. The van der Waals surface area contributed by atoms with E-state index < -0.39 is 40.1 Å². The maximum atomic E-state index is 12.6. The first-order chi connectivity index (χ1) is 7.82. The molecule has 0 heterocycles. The van der Waals surface area contributed by atoms with Crippen molar-refractivity contribution in [1.82, 2.24) is 0 Å². The highest BCUT2D eigenvalue weighted by Crippen LogP contribution is 2.40. The predicted octanol–water partition coefficient (Wildman–Crippen LogP) is 1.98. The summed E-state index contributed by atoms with van der Waals surface area (Å²) >= 11 is 0. The monoisotopic (exact) mass is 246 g/mol. The summed E-state index contributed by atoms with van der Waals surface area (Å²) in [5.74, 6) is 0. The number of alkyl halides is 3. The highest BCUT2D eigenvalue weighted by molar-refractivity contribution is 5.57. The number of benzene rings is 1. The second-order valence-electron chi connectivity index (χ2n) is 3.02. The van der Waals surface area contributed by atoms with Crippen LogP contribution in [0.25, 0.3) is 0 Å². The standard InChI is InChI=1S/C9H5F3N2O3/c10-9(11,12)7-5(3-13)1-2-6(4-15)8(7)14(16)17/h1-2,15H,4H2. The van der Waals surface area contributed by atoms with E-state index in [2.05, 4.69) is 0 Å². The van der Waals surface area contributed by atoms with E-state index in [4.69, 9.17) is 10.4 Å². The third-order valence-electron chi connectivity index (χ3n) is 2.02. The van der Waals surface area contributed by atoms with Crippen molar-refractivity contribution in [2.24, 2.45) is 0 Å². The Kier molecular flexibility index (Phi) is 3.34. The Hall–Kier alpha value is -2.14. The molecule has 0 spiro atoms. The maximum absolute atomic E-state index is 12.6. The van der Waals surface area contributed by atoms with Crippen molar-refractivity contribution >= 4 is 5.69 Å². The zero-order valence-electron chi connectivity index (χ0n) is 8.15. The molecule has 0 radical (unpaired) electrons. The van der Waals surface area contributed by atoms with Crippen molar-refractivity contribution < 1.29 is 23.2 Å². The fraction of sp³-hybridized carbons (Fsp3) is 0.222. The fourth-order valence-corrected chi connectivity index (χ4v) is 1.35. The van der Waals surface area contributed by atoms with E-state index in [9.17, 15) is 23.3 Å². The normalized spacial score (nSPS) is 11.0. The number of aliphatic hydroxyl groups excluding tert-OH is 1. The van der Waals surface area contributed by atoms with Crippen LogP contribution in [0.1, 0.15) is 16.7 Å². The topological polar surface area (TPSA) is 87.2 Å². The SMILES string of the molecule is N#Cc1ccc(CO)c([N+](=O)[O-])c1C(F)(F)F. The minimum atomic E-state index is -5.03. The minimum Gasteiger partial charge on any atom is -0.391 e. The number of nitro groups is 1. The second kappa shape index (κ2) is 4.39. The van der Waals surface area contributed by atoms with Gasteiger partial charge in [0, 0.05) is 0 Å². The molecule has 0 atom stereocenters. The van der Waals surface area contributed by atoms with Crippen LogP contribution in [-0.4, -0.2) is 10.0 Å². The van der Waals surface area contributed by atoms with Gasteiger partial charge in [-0.25, -0.2) is 0 Å². The van der Waals surface area contributed by atoms with Gasteiger partial charge in [-0.05, 0) is 12.1 Å². The van der Waals surface area contributed by atoms with Crippen LogP contribution in [0.15, 0.2) is 12.1 Å². The summed E-state index contributed by atoms with van der Waals surface area (Å²) in [6.45, 7) is -0.912. The van der Waals surface area contributed by atoms with Gasteiger partial charge in [0.25, 0.3) is 5.69 Å². The zero-order valence-corrected chi connectivity index (χ0v) is 8.15. The Labute approximate surface area is 92.9 Å². The van der Waals surface area contributed by atoms with Gasteiger partial charge >= 0.3 is 6.18 Å². The van der Waals surface area contributed by atoms with E-state index in [0.717, 1.165) is 12.1 Å². The first kappa shape index (κ1) is 12.9. The summed E-state index contributed by atoms with van der Waals surface area (Å²) in [5.41, 5.74) is -4.24. The van der Waals surface area contributed by atoms with Crippen LogP contribution < -0.4 is 0 Å². The van der Waals surface area contributed by atoms with Gasteiger partial charge in [-0.15, -0.1) is 0 Å². The first-order valence-corrected chi connectivity index (χ1v) is 4.21. The molecule has 0 fully saturated rings. The number of nitro benzene ring substituents is 1. The molecule has 0 amide bonds. The molecule has 1 aromatic rings. The second-order valence-corrected chi connectivity index (χ2v) is 3.02. The number of hydrogen-bond donors (Lipinski definition) is 1. The van der Waals surface area contributed by atoms with Gasteiger partial charge in [0.2, 0.25) is 0 Å². The molecule has 5 nitrogen and oxygen atoms in total. The van der Waals surface area contributed by atoms with Crippen LogP contribution in [0.3, 0.4) is 0 Å². The molecule has 0 bridgehead atoms. The number of hydrogen-bond acceptors (Lipinski definition) is 4. The Bertz CT molecular complexity index is 505. The number of aliphatic hydroxyl groups is 1. The quantitative estimate of drug-likeness (QED) is 0.638.